The lowest BCUT2D eigenvalue weighted by molar-refractivity contribution is -0.177. The van der Waals surface area contributed by atoms with Crippen molar-refractivity contribution in [3.63, 3.8) is 0 Å². The van der Waals surface area contributed by atoms with E-state index in [1.54, 1.807) is 0 Å². The molecule has 1 aliphatic heterocycles. The highest BCUT2D eigenvalue weighted by Gasteiger charge is 2.81. The van der Waals surface area contributed by atoms with Crippen LogP contribution in [0, 0.1) is 52.3 Å². The summed E-state index contributed by atoms with van der Waals surface area (Å²) in [4.78, 5) is 24.3. The van der Waals surface area contributed by atoms with Gasteiger partial charge in [0.2, 0.25) is 0 Å². The molecule has 0 aromatic heterocycles. The van der Waals surface area contributed by atoms with E-state index in [-0.39, 0.29) is 22.4 Å². The largest absolute Gasteiger partial charge is 0.458 e. The number of allylic oxidation sites excluding steroid dienone is 1. The van der Waals surface area contributed by atoms with Gasteiger partial charge < -0.3 is 4.74 Å². The molecule has 6 fully saturated rings. The minimum atomic E-state index is -0.131. The Labute approximate surface area is 161 Å². The van der Waals surface area contributed by atoms with Crippen molar-refractivity contribution in [1.82, 2.24) is 0 Å². The Morgan fingerprint density at radius 2 is 1.85 bits per heavy atom. The van der Waals surface area contributed by atoms with Gasteiger partial charge in [-0.3, -0.25) is 9.59 Å². The molecule has 10 atom stereocenters. The molecule has 27 heavy (non-hydrogen) atoms. The Morgan fingerprint density at radius 3 is 2.63 bits per heavy atom. The Morgan fingerprint density at radius 1 is 1.00 bits per heavy atom. The van der Waals surface area contributed by atoms with Gasteiger partial charge in [0.15, 0.2) is 5.78 Å². The minimum Gasteiger partial charge on any atom is -0.458 e. The van der Waals surface area contributed by atoms with Crippen LogP contribution in [0.1, 0.15) is 65.2 Å². The maximum Gasteiger partial charge on any atom is 0.306 e. The van der Waals surface area contributed by atoms with Crippen LogP contribution >= 0.6 is 0 Å². The summed E-state index contributed by atoms with van der Waals surface area (Å²) in [6.07, 6.45) is 10.6. The molecule has 5 saturated carbocycles. The number of rotatable bonds is 0. The van der Waals surface area contributed by atoms with Crippen LogP contribution in [-0.2, 0) is 14.3 Å². The van der Waals surface area contributed by atoms with Crippen molar-refractivity contribution in [2.45, 2.75) is 70.8 Å². The highest BCUT2D eigenvalue weighted by Crippen LogP contribution is 2.82. The quantitative estimate of drug-likeness (QED) is 0.600. The molecule has 0 bridgehead atoms. The van der Waals surface area contributed by atoms with Crippen LogP contribution < -0.4 is 0 Å². The number of hydrogen-bond donors (Lipinski definition) is 0. The lowest BCUT2D eigenvalue weighted by Crippen LogP contribution is -2.57. The first kappa shape index (κ1) is 15.8. The van der Waals surface area contributed by atoms with E-state index >= 15 is 0 Å². The summed E-state index contributed by atoms with van der Waals surface area (Å²) in [5.41, 5.74) is 1.85. The second-order valence-corrected chi connectivity index (χ2v) is 11.5. The topological polar surface area (TPSA) is 43.4 Å². The number of esters is 1. The maximum atomic E-state index is 12.2. The third-order valence-electron chi connectivity index (χ3n) is 10.9. The van der Waals surface area contributed by atoms with Gasteiger partial charge in [-0.2, -0.15) is 0 Å². The Bertz CT molecular complexity index is 827. The molecular formula is C24H30O3. The second kappa shape index (κ2) is 4.39. The molecule has 6 aliphatic carbocycles. The lowest BCUT2D eigenvalue weighted by Gasteiger charge is -2.60. The summed E-state index contributed by atoms with van der Waals surface area (Å²) >= 11 is 0. The van der Waals surface area contributed by atoms with Crippen molar-refractivity contribution in [1.29, 1.82) is 0 Å². The lowest BCUT2D eigenvalue weighted by atomic mass is 9.45. The van der Waals surface area contributed by atoms with Crippen LogP contribution in [-0.4, -0.2) is 17.4 Å². The van der Waals surface area contributed by atoms with E-state index < -0.39 is 0 Å². The number of fused-ring (bicyclic) bond motifs is 12. The summed E-state index contributed by atoms with van der Waals surface area (Å²) in [7, 11) is 0. The summed E-state index contributed by atoms with van der Waals surface area (Å²) in [6.45, 7) is 4.99. The van der Waals surface area contributed by atoms with Crippen LogP contribution in [0.25, 0.3) is 0 Å². The zero-order chi connectivity index (χ0) is 18.3. The Hall–Kier alpha value is -1.12. The average molecular weight is 367 g/mol. The molecule has 0 aromatic rings. The fourth-order valence-electron chi connectivity index (χ4n) is 9.74. The van der Waals surface area contributed by atoms with E-state index in [1.807, 2.05) is 0 Å². The SMILES string of the molecule is C[C@]12CCC(=O)C=C1[C@@H]1CC1C1C2CC[C@@]2(C)C1[C@@H]1C[C@@H]1C21CCC(=O)O1. The molecule has 3 nitrogen and oxygen atoms in total. The summed E-state index contributed by atoms with van der Waals surface area (Å²) < 4.78 is 6.22. The van der Waals surface area contributed by atoms with Crippen LogP contribution in [0.2, 0.25) is 0 Å². The van der Waals surface area contributed by atoms with Gasteiger partial charge in [-0.05, 0) is 85.5 Å². The Kier molecular flexibility index (Phi) is 2.56. The number of carbonyl (C=O) groups is 2. The molecule has 3 heteroatoms. The predicted octanol–water partition coefficient (Wildman–Crippen LogP) is 4.31. The van der Waals surface area contributed by atoms with Gasteiger partial charge in [-0.25, -0.2) is 0 Å². The molecule has 7 aliphatic rings. The number of carbonyl (C=O) groups excluding carboxylic acids is 2. The standard InChI is InChI=1S/C24H30O3/c1-22-6-3-12(25)9-17(22)13-10-14(13)20-16(22)4-7-23(2)21(20)15-11-18(15)24(23)8-5-19(26)27-24/h9,13-16,18,20-21H,3-8,10-11H2,1-2H3/t13-,14?,15-,16?,18+,20?,21?,22-,23+,24?/m1/s1. The molecule has 1 saturated heterocycles. The van der Waals surface area contributed by atoms with Crippen molar-refractivity contribution in [2.24, 2.45) is 52.3 Å². The predicted molar refractivity (Wildman–Crippen MR) is 99.5 cm³/mol. The van der Waals surface area contributed by atoms with Crippen LogP contribution in [0.4, 0.5) is 0 Å². The molecule has 0 aromatic carbocycles. The van der Waals surface area contributed by atoms with Gasteiger partial charge in [-0.1, -0.05) is 19.4 Å². The first-order valence-electron chi connectivity index (χ1n) is 11.4. The molecule has 0 amide bonds. The van der Waals surface area contributed by atoms with E-state index in [0.717, 1.165) is 48.9 Å². The van der Waals surface area contributed by atoms with Gasteiger partial charge in [0.05, 0.1) is 0 Å². The van der Waals surface area contributed by atoms with E-state index in [0.29, 0.717) is 24.0 Å². The Balaban J connectivity index is 1.33. The molecule has 0 N–H and O–H groups in total. The number of ketones is 1. The maximum absolute atomic E-state index is 12.2. The van der Waals surface area contributed by atoms with E-state index in [2.05, 4.69) is 19.9 Å². The highest BCUT2D eigenvalue weighted by atomic mass is 16.6. The molecule has 0 radical (unpaired) electrons. The zero-order valence-electron chi connectivity index (χ0n) is 16.5. The van der Waals surface area contributed by atoms with E-state index in [1.165, 1.54) is 31.3 Å². The molecule has 1 spiro atoms. The molecule has 1 heterocycles. The smallest absolute Gasteiger partial charge is 0.306 e. The first-order chi connectivity index (χ1) is 12.9. The number of hydrogen-bond acceptors (Lipinski definition) is 3. The summed E-state index contributed by atoms with van der Waals surface area (Å²) in [6, 6.07) is 0. The fraction of sp³-hybridized carbons (Fsp3) is 0.833. The summed E-state index contributed by atoms with van der Waals surface area (Å²) in [5.74, 6) is 5.65. The van der Waals surface area contributed by atoms with Crippen molar-refractivity contribution in [3.8, 4) is 0 Å². The van der Waals surface area contributed by atoms with Gasteiger partial charge >= 0.3 is 5.97 Å². The van der Waals surface area contributed by atoms with E-state index in [4.69, 9.17) is 4.74 Å². The number of ether oxygens (including phenoxy) is 1. The first-order valence-corrected chi connectivity index (χ1v) is 11.4. The van der Waals surface area contributed by atoms with Crippen molar-refractivity contribution in [3.05, 3.63) is 11.6 Å². The van der Waals surface area contributed by atoms with Crippen molar-refractivity contribution < 1.29 is 14.3 Å². The third kappa shape index (κ3) is 1.58. The van der Waals surface area contributed by atoms with Gasteiger partial charge in [-0.15, -0.1) is 0 Å². The second-order valence-electron chi connectivity index (χ2n) is 11.5. The minimum absolute atomic E-state index is 0.0561. The highest BCUT2D eigenvalue weighted by molar-refractivity contribution is 5.92. The molecule has 7 rings (SSSR count). The van der Waals surface area contributed by atoms with Crippen LogP contribution in [0.15, 0.2) is 11.6 Å². The molecular weight excluding hydrogens is 336 g/mol. The summed E-state index contributed by atoms with van der Waals surface area (Å²) in [5, 5.41) is 0. The average Bonchev–Trinajstić information content (AvgIpc) is 3.53. The normalized spacial score (nSPS) is 62.0. The fourth-order valence-corrected chi connectivity index (χ4v) is 9.74. The van der Waals surface area contributed by atoms with Crippen molar-refractivity contribution >= 4 is 11.8 Å². The third-order valence-corrected chi connectivity index (χ3v) is 10.9. The monoisotopic (exact) mass is 366 g/mol. The zero-order valence-corrected chi connectivity index (χ0v) is 16.5. The van der Waals surface area contributed by atoms with Gasteiger partial charge in [0.25, 0.3) is 0 Å². The van der Waals surface area contributed by atoms with Gasteiger partial charge in [0, 0.05) is 24.2 Å². The van der Waals surface area contributed by atoms with Crippen LogP contribution in [0.5, 0.6) is 0 Å². The van der Waals surface area contributed by atoms with E-state index in [9.17, 15) is 9.59 Å². The molecule has 5 unspecified atom stereocenters. The molecule has 144 valence electrons. The van der Waals surface area contributed by atoms with Gasteiger partial charge in [0.1, 0.15) is 5.60 Å². The van der Waals surface area contributed by atoms with Crippen LogP contribution in [0.3, 0.4) is 0 Å². The van der Waals surface area contributed by atoms with Crippen molar-refractivity contribution in [2.75, 3.05) is 0 Å².